The highest BCUT2D eigenvalue weighted by Gasteiger charge is 2.23. The second-order valence-electron chi connectivity index (χ2n) is 4.36. The summed E-state index contributed by atoms with van der Waals surface area (Å²) in [6.07, 6.45) is 2.28. The molecule has 7 heteroatoms. The quantitative estimate of drug-likeness (QED) is 0.632. The highest BCUT2D eigenvalue weighted by Crippen LogP contribution is 2.27. The summed E-state index contributed by atoms with van der Waals surface area (Å²) in [6.45, 7) is 2.01. The minimum atomic E-state index is -0.530. The molecule has 2 aromatic heterocycles. The maximum absolute atomic E-state index is 14.3. The summed E-state index contributed by atoms with van der Waals surface area (Å²) in [5, 5.41) is 4.35. The lowest BCUT2D eigenvalue weighted by Gasteiger charge is -2.17. The number of nitrogens with two attached hydrogens (primary N) is 1. The minimum Gasteiger partial charge on any atom is -0.479 e. The number of aryl methyl sites for hydroxylation is 2. The van der Waals surface area contributed by atoms with Gasteiger partial charge in [0, 0.05) is 18.8 Å². The van der Waals surface area contributed by atoms with Gasteiger partial charge < -0.3 is 4.74 Å². The monoisotopic (exact) mass is 279 g/mol. The van der Waals surface area contributed by atoms with Crippen LogP contribution in [-0.4, -0.2) is 21.9 Å². The van der Waals surface area contributed by atoms with E-state index in [1.165, 1.54) is 13.3 Å². The summed E-state index contributed by atoms with van der Waals surface area (Å²) in [6, 6.07) is 2.95. The zero-order valence-electron chi connectivity index (χ0n) is 11.7. The molecule has 0 amide bonds. The van der Waals surface area contributed by atoms with E-state index in [0.29, 0.717) is 5.56 Å². The highest BCUT2D eigenvalue weighted by molar-refractivity contribution is 5.33. The van der Waals surface area contributed by atoms with Crippen molar-refractivity contribution in [2.45, 2.75) is 19.4 Å². The van der Waals surface area contributed by atoms with E-state index in [4.69, 9.17) is 10.6 Å². The first-order chi connectivity index (χ1) is 9.62. The fraction of sp³-hybridized carbons (Fsp3) is 0.385. The van der Waals surface area contributed by atoms with Gasteiger partial charge in [-0.1, -0.05) is 6.92 Å². The number of hydrazine groups is 1. The van der Waals surface area contributed by atoms with Crippen LogP contribution in [-0.2, 0) is 13.5 Å². The molecule has 1 atom stereocenters. The van der Waals surface area contributed by atoms with Crippen LogP contribution in [0.5, 0.6) is 5.88 Å². The third kappa shape index (κ3) is 2.50. The standard InChI is InChI=1S/C13H18FN5O/c1-4-8-7-10(19(2)18-8)12(17-15)9-5-6-16-13(20-3)11(9)14/h5-7,12,17H,4,15H2,1-3H3. The Balaban J connectivity index is 2.49. The van der Waals surface area contributed by atoms with Crippen molar-refractivity contribution < 1.29 is 9.13 Å². The van der Waals surface area contributed by atoms with E-state index in [0.717, 1.165) is 17.8 Å². The van der Waals surface area contributed by atoms with Gasteiger partial charge in [-0.2, -0.15) is 5.10 Å². The Labute approximate surface area is 116 Å². The van der Waals surface area contributed by atoms with Gasteiger partial charge in [0.15, 0.2) is 5.82 Å². The van der Waals surface area contributed by atoms with Crippen LogP contribution in [0.1, 0.15) is 29.9 Å². The molecule has 3 N–H and O–H groups in total. The van der Waals surface area contributed by atoms with Crippen LogP contribution in [0.15, 0.2) is 18.3 Å². The number of nitrogens with one attached hydrogen (secondary N) is 1. The number of methoxy groups -OCH3 is 1. The van der Waals surface area contributed by atoms with Crippen LogP contribution in [0.4, 0.5) is 4.39 Å². The number of hydrogen-bond acceptors (Lipinski definition) is 5. The summed E-state index contributed by atoms with van der Waals surface area (Å²) >= 11 is 0. The average Bonchev–Trinajstić information content (AvgIpc) is 2.83. The molecule has 0 spiro atoms. The van der Waals surface area contributed by atoms with Crippen molar-refractivity contribution in [3.63, 3.8) is 0 Å². The van der Waals surface area contributed by atoms with Gasteiger partial charge in [0.25, 0.3) is 0 Å². The number of hydrogen-bond donors (Lipinski definition) is 2. The molecule has 2 heterocycles. The SMILES string of the molecule is CCc1cc(C(NN)c2ccnc(OC)c2F)n(C)n1. The second-order valence-corrected chi connectivity index (χ2v) is 4.36. The molecule has 0 radical (unpaired) electrons. The molecular weight excluding hydrogens is 261 g/mol. The number of pyridine rings is 1. The Morgan fingerprint density at radius 2 is 2.30 bits per heavy atom. The first-order valence-electron chi connectivity index (χ1n) is 6.29. The van der Waals surface area contributed by atoms with Gasteiger partial charge in [0.2, 0.25) is 5.88 Å². The van der Waals surface area contributed by atoms with Gasteiger partial charge in [-0.15, -0.1) is 0 Å². The molecule has 0 aliphatic heterocycles. The lowest BCUT2D eigenvalue weighted by Crippen LogP contribution is -2.31. The summed E-state index contributed by atoms with van der Waals surface area (Å²) in [5.74, 6) is 5.01. The lowest BCUT2D eigenvalue weighted by molar-refractivity contribution is 0.364. The molecule has 108 valence electrons. The number of nitrogens with zero attached hydrogens (tertiary/aromatic N) is 3. The van der Waals surface area contributed by atoms with Crippen molar-refractivity contribution in [2.75, 3.05) is 7.11 Å². The Morgan fingerprint density at radius 1 is 1.55 bits per heavy atom. The third-order valence-corrected chi connectivity index (χ3v) is 3.18. The molecular formula is C13H18FN5O. The van der Waals surface area contributed by atoms with Crippen molar-refractivity contribution in [1.29, 1.82) is 0 Å². The van der Waals surface area contributed by atoms with Crippen molar-refractivity contribution in [1.82, 2.24) is 20.2 Å². The Bertz CT molecular complexity index is 598. The highest BCUT2D eigenvalue weighted by atomic mass is 19.1. The number of rotatable bonds is 5. The van der Waals surface area contributed by atoms with E-state index < -0.39 is 11.9 Å². The van der Waals surface area contributed by atoms with Gasteiger partial charge in [0.1, 0.15) is 0 Å². The molecule has 6 nitrogen and oxygen atoms in total. The molecule has 0 saturated heterocycles. The fourth-order valence-corrected chi connectivity index (χ4v) is 2.12. The molecule has 0 aliphatic carbocycles. The van der Waals surface area contributed by atoms with Crippen molar-refractivity contribution >= 4 is 0 Å². The molecule has 0 fully saturated rings. The topological polar surface area (TPSA) is 78.0 Å². The largest absolute Gasteiger partial charge is 0.479 e. The van der Waals surface area contributed by atoms with Crippen LogP contribution in [0.25, 0.3) is 0 Å². The molecule has 2 rings (SSSR count). The number of ether oxygens (including phenoxy) is 1. The summed E-state index contributed by atoms with van der Waals surface area (Å²) < 4.78 is 20.9. The number of aromatic nitrogens is 3. The van der Waals surface area contributed by atoms with Crippen molar-refractivity contribution in [3.05, 3.63) is 41.1 Å². The first kappa shape index (κ1) is 14.4. The maximum Gasteiger partial charge on any atom is 0.250 e. The van der Waals surface area contributed by atoms with Crippen LogP contribution < -0.4 is 16.0 Å². The van der Waals surface area contributed by atoms with Crippen LogP contribution in [0.2, 0.25) is 0 Å². The van der Waals surface area contributed by atoms with Crippen LogP contribution in [0.3, 0.4) is 0 Å². The average molecular weight is 279 g/mol. The van der Waals surface area contributed by atoms with Crippen LogP contribution in [0, 0.1) is 5.82 Å². The van der Waals surface area contributed by atoms with E-state index in [9.17, 15) is 4.39 Å². The second kappa shape index (κ2) is 5.98. The predicted molar refractivity (Wildman–Crippen MR) is 72.5 cm³/mol. The molecule has 1 unspecified atom stereocenters. The molecule has 0 aromatic carbocycles. The fourth-order valence-electron chi connectivity index (χ4n) is 2.12. The van der Waals surface area contributed by atoms with Gasteiger partial charge in [-0.25, -0.2) is 14.8 Å². The summed E-state index contributed by atoms with van der Waals surface area (Å²) in [7, 11) is 3.18. The Kier molecular flexibility index (Phi) is 4.31. The van der Waals surface area contributed by atoms with E-state index in [1.54, 1.807) is 17.8 Å². The summed E-state index contributed by atoms with van der Waals surface area (Å²) in [5.41, 5.74) is 4.68. The van der Waals surface area contributed by atoms with Gasteiger partial charge >= 0.3 is 0 Å². The smallest absolute Gasteiger partial charge is 0.250 e. The van der Waals surface area contributed by atoms with Gasteiger partial charge in [-0.05, 0) is 18.6 Å². The third-order valence-electron chi connectivity index (χ3n) is 3.18. The number of halogens is 1. The molecule has 20 heavy (non-hydrogen) atoms. The Hall–Kier alpha value is -1.99. The van der Waals surface area contributed by atoms with Gasteiger partial charge in [-0.3, -0.25) is 10.5 Å². The minimum absolute atomic E-state index is 0.0550. The molecule has 0 saturated carbocycles. The summed E-state index contributed by atoms with van der Waals surface area (Å²) in [4.78, 5) is 3.82. The first-order valence-corrected chi connectivity index (χ1v) is 6.29. The van der Waals surface area contributed by atoms with E-state index >= 15 is 0 Å². The van der Waals surface area contributed by atoms with Crippen molar-refractivity contribution in [3.8, 4) is 5.88 Å². The van der Waals surface area contributed by atoms with E-state index in [-0.39, 0.29) is 5.88 Å². The van der Waals surface area contributed by atoms with E-state index in [1.807, 2.05) is 13.0 Å². The predicted octanol–water partition coefficient (Wildman–Crippen LogP) is 1.08. The molecule has 0 bridgehead atoms. The van der Waals surface area contributed by atoms with E-state index in [2.05, 4.69) is 15.5 Å². The lowest BCUT2D eigenvalue weighted by atomic mass is 10.0. The van der Waals surface area contributed by atoms with Gasteiger partial charge in [0.05, 0.1) is 24.5 Å². The van der Waals surface area contributed by atoms with Crippen LogP contribution >= 0.6 is 0 Å². The molecule has 0 aliphatic rings. The zero-order chi connectivity index (χ0) is 14.7. The maximum atomic E-state index is 14.3. The van der Waals surface area contributed by atoms with Crippen molar-refractivity contribution in [2.24, 2.45) is 12.9 Å². The zero-order valence-corrected chi connectivity index (χ0v) is 11.7. The normalized spacial score (nSPS) is 12.4. The Morgan fingerprint density at radius 3 is 2.85 bits per heavy atom. The molecule has 2 aromatic rings.